The first-order valence-corrected chi connectivity index (χ1v) is 9.66. The van der Waals surface area contributed by atoms with E-state index >= 15 is 0 Å². The summed E-state index contributed by atoms with van der Waals surface area (Å²) >= 11 is 2.10. The van der Waals surface area contributed by atoms with Crippen molar-refractivity contribution < 1.29 is 0 Å². The van der Waals surface area contributed by atoms with Gasteiger partial charge in [-0.15, -0.1) is 0 Å². The van der Waals surface area contributed by atoms with Crippen LogP contribution in [0.4, 0.5) is 0 Å². The van der Waals surface area contributed by atoms with E-state index in [0.29, 0.717) is 0 Å². The average molecular weight is 282 g/mol. The van der Waals surface area contributed by atoms with Crippen LogP contribution < -0.4 is 0 Å². The zero-order valence-corrected chi connectivity index (χ0v) is 13.3. The van der Waals surface area contributed by atoms with Gasteiger partial charge >= 0.3 is 0 Å². The molecule has 2 heterocycles. The minimum atomic E-state index is 0.880. The van der Waals surface area contributed by atoms with Crippen LogP contribution in [-0.2, 0) is 0 Å². The molecule has 3 fully saturated rings. The van der Waals surface area contributed by atoms with Gasteiger partial charge in [-0.25, -0.2) is 0 Å². The van der Waals surface area contributed by atoms with E-state index in [4.69, 9.17) is 0 Å². The Balaban J connectivity index is 1.60. The van der Waals surface area contributed by atoms with Gasteiger partial charge in [-0.2, -0.15) is 11.8 Å². The third-order valence-corrected chi connectivity index (χ3v) is 6.63. The number of rotatable bonds is 2. The van der Waals surface area contributed by atoms with E-state index in [9.17, 15) is 0 Å². The summed E-state index contributed by atoms with van der Waals surface area (Å²) in [6.45, 7) is 5.46. The molecule has 2 nitrogen and oxygen atoms in total. The minimum Gasteiger partial charge on any atom is -0.299 e. The predicted molar refractivity (Wildman–Crippen MR) is 85.0 cm³/mol. The maximum Gasteiger partial charge on any atom is 0.0223 e. The van der Waals surface area contributed by atoms with Gasteiger partial charge in [0.1, 0.15) is 0 Å². The maximum atomic E-state index is 2.87. The lowest BCUT2D eigenvalue weighted by Crippen LogP contribution is -2.47. The van der Waals surface area contributed by atoms with Crippen molar-refractivity contribution in [2.45, 2.75) is 68.7 Å². The van der Waals surface area contributed by atoms with Gasteiger partial charge in [0.05, 0.1) is 0 Å². The Labute approximate surface area is 123 Å². The van der Waals surface area contributed by atoms with Crippen LogP contribution in [0, 0.1) is 0 Å². The highest BCUT2D eigenvalue weighted by Crippen LogP contribution is 2.31. The number of nitrogens with zero attached hydrogens (tertiary/aromatic N) is 2. The highest BCUT2D eigenvalue weighted by atomic mass is 32.2. The van der Waals surface area contributed by atoms with Gasteiger partial charge in [0.15, 0.2) is 0 Å². The second-order valence-electron chi connectivity index (χ2n) is 6.71. The number of fused-ring (bicyclic) bond motifs is 1. The lowest BCUT2D eigenvalue weighted by Gasteiger charge is -2.40. The van der Waals surface area contributed by atoms with Gasteiger partial charge in [-0.1, -0.05) is 12.8 Å². The molecule has 0 bridgehead atoms. The Morgan fingerprint density at radius 2 is 1.58 bits per heavy atom. The fourth-order valence-electron chi connectivity index (χ4n) is 4.40. The van der Waals surface area contributed by atoms with Crippen molar-refractivity contribution in [3.05, 3.63) is 0 Å². The monoisotopic (exact) mass is 282 g/mol. The zero-order chi connectivity index (χ0) is 13.1. The third kappa shape index (κ3) is 3.48. The molecule has 1 saturated carbocycles. The first kappa shape index (κ1) is 14.2. The molecule has 110 valence electrons. The molecule has 3 heteroatoms. The largest absolute Gasteiger partial charge is 0.299 e. The summed E-state index contributed by atoms with van der Waals surface area (Å²) in [5, 5.41) is 0.935. The number of thioether (sulfide) groups is 1. The molecule has 0 radical (unpaired) electrons. The molecule has 3 unspecified atom stereocenters. The van der Waals surface area contributed by atoms with Crippen molar-refractivity contribution in [3.63, 3.8) is 0 Å². The smallest absolute Gasteiger partial charge is 0.0223 e. The molecule has 3 atom stereocenters. The molecule has 3 aliphatic rings. The molecular formula is C16H30N2S. The Bertz CT molecular complexity index is 284. The predicted octanol–water partition coefficient (Wildman–Crippen LogP) is 3.22. The summed E-state index contributed by atoms with van der Waals surface area (Å²) < 4.78 is 0. The molecular weight excluding hydrogens is 252 g/mol. The molecule has 2 aliphatic heterocycles. The second-order valence-corrected chi connectivity index (χ2v) is 7.85. The van der Waals surface area contributed by atoms with Crippen LogP contribution in [0.2, 0.25) is 0 Å². The van der Waals surface area contributed by atoms with Crippen molar-refractivity contribution in [1.29, 1.82) is 0 Å². The van der Waals surface area contributed by atoms with Crippen molar-refractivity contribution in [2.75, 3.05) is 32.4 Å². The van der Waals surface area contributed by atoms with E-state index in [1.54, 1.807) is 0 Å². The van der Waals surface area contributed by atoms with Crippen molar-refractivity contribution in [2.24, 2.45) is 0 Å². The molecule has 0 spiro atoms. The summed E-state index contributed by atoms with van der Waals surface area (Å²) in [5.74, 6) is 0. The van der Waals surface area contributed by atoms with Gasteiger partial charge in [-0.3, -0.25) is 9.80 Å². The molecule has 19 heavy (non-hydrogen) atoms. The van der Waals surface area contributed by atoms with Crippen LogP contribution >= 0.6 is 11.8 Å². The van der Waals surface area contributed by atoms with E-state index in [2.05, 4.69) is 27.8 Å². The topological polar surface area (TPSA) is 6.48 Å². The molecule has 3 rings (SSSR count). The Kier molecular flexibility index (Phi) is 5.10. The van der Waals surface area contributed by atoms with Crippen LogP contribution in [0.1, 0.15) is 51.4 Å². The highest BCUT2D eigenvalue weighted by molar-refractivity contribution is 7.99. The van der Waals surface area contributed by atoms with E-state index in [1.807, 2.05) is 0 Å². The Morgan fingerprint density at radius 3 is 2.47 bits per heavy atom. The average Bonchev–Trinajstić information content (AvgIpc) is 2.69. The molecule has 0 aromatic heterocycles. The fourth-order valence-corrected chi connectivity index (χ4v) is 5.21. The number of piperidine rings is 1. The minimum absolute atomic E-state index is 0.880. The van der Waals surface area contributed by atoms with Gasteiger partial charge in [0.25, 0.3) is 0 Å². The SMILES string of the molecule is CSC1CCCC(N2CCCN3CCCCC3C2)C1. The van der Waals surface area contributed by atoms with Gasteiger partial charge in [-0.05, 0) is 64.4 Å². The molecule has 0 aromatic rings. The summed E-state index contributed by atoms with van der Waals surface area (Å²) in [7, 11) is 0. The van der Waals surface area contributed by atoms with Gasteiger partial charge in [0.2, 0.25) is 0 Å². The molecule has 0 aromatic carbocycles. The fraction of sp³-hybridized carbons (Fsp3) is 1.00. The summed E-state index contributed by atoms with van der Waals surface area (Å²) in [6, 6.07) is 1.78. The summed E-state index contributed by atoms with van der Waals surface area (Å²) in [4.78, 5) is 5.66. The normalized spacial score (nSPS) is 38.7. The van der Waals surface area contributed by atoms with Crippen LogP contribution in [0.25, 0.3) is 0 Å². The molecule has 2 saturated heterocycles. The molecule has 0 amide bonds. The molecule has 0 N–H and O–H groups in total. The lowest BCUT2D eigenvalue weighted by atomic mass is 9.93. The maximum absolute atomic E-state index is 2.87. The number of hydrogen-bond donors (Lipinski definition) is 0. The molecule has 1 aliphatic carbocycles. The van der Waals surface area contributed by atoms with Gasteiger partial charge < -0.3 is 0 Å². The first-order chi connectivity index (χ1) is 9.36. The Morgan fingerprint density at radius 1 is 0.789 bits per heavy atom. The van der Waals surface area contributed by atoms with E-state index in [1.165, 1.54) is 77.5 Å². The van der Waals surface area contributed by atoms with Crippen molar-refractivity contribution >= 4 is 11.8 Å². The Hall–Kier alpha value is 0.270. The highest BCUT2D eigenvalue weighted by Gasteiger charge is 2.32. The standard InChI is InChI=1S/C16H30N2S/c1-19-16-8-4-7-14(12-16)18-11-5-10-17-9-3-2-6-15(17)13-18/h14-16H,2-13H2,1H3. The van der Waals surface area contributed by atoms with Gasteiger partial charge in [0, 0.05) is 23.9 Å². The van der Waals surface area contributed by atoms with E-state index in [0.717, 1.165) is 17.3 Å². The zero-order valence-electron chi connectivity index (χ0n) is 12.5. The van der Waals surface area contributed by atoms with Crippen LogP contribution in [-0.4, -0.2) is 59.6 Å². The third-order valence-electron chi connectivity index (χ3n) is 5.53. The van der Waals surface area contributed by atoms with Crippen LogP contribution in [0.5, 0.6) is 0 Å². The first-order valence-electron chi connectivity index (χ1n) is 8.37. The van der Waals surface area contributed by atoms with Crippen molar-refractivity contribution in [1.82, 2.24) is 9.80 Å². The summed E-state index contributed by atoms with van der Waals surface area (Å²) in [5.41, 5.74) is 0. The van der Waals surface area contributed by atoms with Crippen LogP contribution in [0.15, 0.2) is 0 Å². The summed E-state index contributed by atoms with van der Waals surface area (Å²) in [6.07, 6.45) is 13.9. The van der Waals surface area contributed by atoms with Crippen LogP contribution in [0.3, 0.4) is 0 Å². The second kappa shape index (κ2) is 6.82. The van der Waals surface area contributed by atoms with E-state index in [-0.39, 0.29) is 0 Å². The quantitative estimate of drug-likeness (QED) is 0.768. The van der Waals surface area contributed by atoms with E-state index < -0.39 is 0 Å². The lowest BCUT2D eigenvalue weighted by molar-refractivity contribution is 0.107. The number of hydrogen-bond acceptors (Lipinski definition) is 3. The van der Waals surface area contributed by atoms with Crippen molar-refractivity contribution in [3.8, 4) is 0 Å².